The van der Waals surface area contributed by atoms with Crippen LogP contribution in [0.1, 0.15) is 5.56 Å². The predicted octanol–water partition coefficient (Wildman–Crippen LogP) is 1.39. The van der Waals surface area contributed by atoms with E-state index in [1.165, 1.54) is 0 Å². The fourth-order valence-electron chi connectivity index (χ4n) is 0.744. The molecular formula is C8H9NO2. The molecule has 11 heavy (non-hydrogen) atoms. The van der Waals surface area contributed by atoms with Crippen molar-refractivity contribution >= 4 is 5.76 Å². The summed E-state index contributed by atoms with van der Waals surface area (Å²) in [4.78, 5) is 0. The number of aliphatic hydroxyl groups is 2. The number of hydrogen-bond acceptors (Lipinski definition) is 3. The van der Waals surface area contributed by atoms with E-state index in [0.717, 1.165) is 0 Å². The van der Waals surface area contributed by atoms with Crippen molar-refractivity contribution in [3.8, 4) is 0 Å². The van der Waals surface area contributed by atoms with Crippen LogP contribution in [0, 0.1) is 0 Å². The molecule has 0 fully saturated rings. The average molecular weight is 151 g/mol. The fraction of sp³-hybridized carbons (Fsp3) is 0. The molecule has 0 unspecified atom stereocenters. The zero-order valence-corrected chi connectivity index (χ0v) is 5.86. The Labute approximate surface area is 64.4 Å². The highest BCUT2D eigenvalue weighted by Gasteiger charge is 2.00. The van der Waals surface area contributed by atoms with Gasteiger partial charge in [0.2, 0.25) is 5.88 Å². The zero-order valence-electron chi connectivity index (χ0n) is 5.86. The van der Waals surface area contributed by atoms with Gasteiger partial charge in [-0.05, 0) is 0 Å². The third-order valence-corrected chi connectivity index (χ3v) is 1.29. The van der Waals surface area contributed by atoms with Crippen molar-refractivity contribution in [3.63, 3.8) is 0 Å². The van der Waals surface area contributed by atoms with E-state index in [2.05, 4.69) is 0 Å². The van der Waals surface area contributed by atoms with Crippen molar-refractivity contribution in [1.29, 1.82) is 0 Å². The summed E-state index contributed by atoms with van der Waals surface area (Å²) in [6.45, 7) is 0. The lowest BCUT2D eigenvalue weighted by Crippen LogP contribution is -1.99. The van der Waals surface area contributed by atoms with Crippen molar-refractivity contribution < 1.29 is 10.2 Å². The van der Waals surface area contributed by atoms with Crippen LogP contribution in [0.3, 0.4) is 0 Å². The van der Waals surface area contributed by atoms with Crippen LogP contribution in [0.25, 0.3) is 5.76 Å². The third kappa shape index (κ3) is 1.64. The van der Waals surface area contributed by atoms with Gasteiger partial charge in [0, 0.05) is 5.56 Å². The molecule has 3 heteroatoms. The lowest BCUT2D eigenvalue weighted by Gasteiger charge is -1.98. The quantitative estimate of drug-likeness (QED) is 0.531. The molecule has 0 saturated heterocycles. The molecule has 0 atom stereocenters. The highest BCUT2D eigenvalue weighted by molar-refractivity contribution is 5.59. The van der Waals surface area contributed by atoms with Gasteiger partial charge in [0.1, 0.15) is 0 Å². The molecule has 0 amide bonds. The number of hydrogen-bond donors (Lipinski definition) is 3. The summed E-state index contributed by atoms with van der Waals surface area (Å²) in [5.74, 6) is -0.846. The summed E-state index contributed by atoms with van der Waals surface area (Å²) in [6, 6.07) is 8.60. The Bertz CT molecular complexity index is 263. The second-order valence-corrected chi connectivity index (χ2v) is 2.10. The SMILES string of the molecule is NC(O)=C(O)c1ccccc1. The largest absolute Gasteiger partial charge is 0.503 e. The molecule has 0 aromatic heterocycles. The normalized spacial score (nSPS) is 12.4. The van der Waals surface area contributed by atoms with E-state index in [1.54, 1.807) is 24.3 Å². The van der Waals surface area contributed by atoms with E-state index in [4.69, 9.17) is 15.9 Å². The Balaban J connectivity index is 3.04. The Morgan fingerprint density at radius 2 is 1.64 bits per heavy atom. The highest BCUT2D eigenvalue weighted by atomic mass is 16.3. The standard InChI is InChI=1S/C8H9NO2/c9-8(11)7(10)6-4-2-1-3-5-6/h1-5,10-11H,9H2. The van der Waals surface area contributed by atoms with Crippen LogP contribution < -0.4 is 5.73 Å². The van der Waals surface area contributed by atoms with Gasteiger partial charge < -0.3 is 15.9 Å². The fourth-order valence-corrected chi connectivity index (χ4v) is 0.744. The number of benzene rings is 1. The van der Waals surface area contributed by atoms with E-state index in [0.29, 0.717) is 5.56 Å². The van der Waals surface area contributed by atoms with Gasteiger partial charge in [0.25, 0.3) is 0 Å². The third-order valence-electron chi connectivity index (χ3n) is 1.29. The van der Waals surface area contributed by atoms with Crippen molar-refractivity contribution in [1.82, 2.24) is 0 Å². The van der Waals surface area contributed by atoms with Crippen molar-refractivity contribution in [3.05, 3.63) is 41.8 Å². The first-order chi connectivity index (χ1) is 5.22. The first-order valence-electron chi connectivity index (χ1n) is 3.15. The molecule has 0 radical (unpaired) electrons. The minimum Gasteiger partial charge on any atom is -0.503 e. The summed E-state index contributed by atoms with van der Waals surface area (Å²) < 4.78 is 0. The van der Waals surface area contributed by atoms with Crippen LogP contribution in [-0.4, -0.2) is 10.2 Å². The molecule has 1 aromatic carbocycles. The zero-order chi connectivity index (χ0) is 8.27. The van der Waals surface area contributed by atoms with Crippen LogP contribution >= 0.6 is 0 Å². The lowest BCUT2D eigenvalue weighted by molar-refractivity contribution is 0.375. The van der Waals surface area contributed by atoms with Crippen LogP contribution in [0.15, 0.2) is 36.2 Å². The molecular weight excluding hydrogens is 142 g/mol. The second kappa shape index (κ2) is 2.96. The van der Waals surface area contributed by atoms with Crippen LogP contribution in [-0.2, 0) is 0 Å². The maximum atomic E-state index is 9.10. The maximum absolute atomic E-state index is 9.10. The topological polar surface area (TPSA) is 66.5 Å². The number of nitrogens with two attached hydrogens (primary N) is 1. The number of aliphatic hydroxyl groups excluding tert-OH is 2. The van der Waals surface area contributed by atoms with Crippen LogP contribution in [0.4, 0.5) is 0 Å². The lowest BCUT2D eigenvalue weighted by atomic mass is 10.2. The first-order valence-corrected chi connectivity index (χ1v) is 3.15. The molecule has 0 bridgehead atoms. The van der Waals surface area contributed by atoms with Gasteiger partial charge in [0.05, 0.1) is 0 Å². The second-order valence-electron chi connectivity index (χ2n) is 2.10. The first kappa shape index (κ1) is 7.47. The van der Waals surface area contributed by atoms with Gasteiger partial charge in [-0.2, -0.15) is 0 Å². The molecule has 0 aliphatic heterocycles. The molecule has 3 nitrogen and oxygen atoms in total. The molecule has 0 heterocycles. The smallest absolute Gasteiger partial charge is 0.225 e. The number of rotatable bonds is 1. The maximum Gasteiger partial charge on any atom is 0.225 e. The monoisotopic (exact) mass is 151 g/mol. The Morgan fingerprint density at radius 3 is 2.09 bits per heavy atom. The summed E-state index contributed by atoms with van der Waals surface area (Å²) >= 11 is 0. The summed E-state index contributed by atoms with van der Waals surface area (Å²) in [5, 5.41) is 17.8. The highest BCUT2D eigenvalue weighted by Crippen LogP contribution is 2.10. The molecule has 0 aliphatic rings. The minimum absolute atomic E-state index is 0.286. The predicted molar refractivity (Wildman–Crippen MR) is 42.8 cm³/mol. The Hall–Kier alpha value is -1.64. The molecule has 0 aliphatic carbocycles. The molecule has 1 rings (SSSR count). The van der Waals surface area contributed by atoms with Crippen LogP contribution in [0.2, 0.25) is 0 Å². The molecule has 0 spiro atoms. The van der Waals surface area contributed by atoms with Gasteiger partial charge in [-0.1, -0.05) is 30.3 Å². The van der Waals surface area contributed by atoms with E-state index in [9.17, 15) is 0 Å². The minimum atomic E-state index is -0.559. The summed E-state index contributed by atoms with van der Waals surface area (Å²) in [5.41, 5.74) is 5.46. The van der Waals surface area contributed by atoms with Crippen molar-refractivity contribution in [2.75, 3.05) is 0 Å². The van der Waals surface area contributed by atoms with Crippen molar-refractivity contribution in [2.24, 2.45) is 5.73 Å². The van der Waals surface area contributed by atoms with E-state index >= 15 is 0 Å². The Kier molecular flexibility index (Phi) is 2.01. The van der Waals surface area contributed by atoms with Gasteiger partial charge in [-0.25, -0.2) is 0 Å². The van der Waals surface area contributed by atoms with E-state index in [1.807, 2.05) is 6.07 Å². The molecule has 4 N–H and O–H groups in total. The molecule has 58 valence electrons. The average Bonchev–Trinajstić information content (AvgIpc) is 2.05. The summed E-state index contributed by atoms with van der Waals surface area (Å²) in [7, 11) is 0. The van der Waals surface area contributed by atoms with Gasteiger partial charge in [-0.3, -0.25) is 0 Å². The van der Waals surface area contributed by atoms with Gasteiger partial charge in [0.15, 0.2) is 5.76 Å². The van der Waals surface area contributed by atoms with Crippen LogP contribution in [0.5, 0.6) is 0 Å². The van der Waals surface area contributed by atoms with Gasteiger partial charge in [-0.15, -0.1) is 0 Å². The van der Waals surface area contributed by atoms with E-state index < -0.39 is 5.88 Å². The van der Waals surface area contributed by atoms with Gasteiger partial charge >= 0.3 is 0 Å². The molecule has 0 saturated carbocycles. The van der Waals surface area contributed by atoms with E-state index in [-0.39, 0.29) is 5.76 Å². The summed E-state index contributed by atoms with van der Waals surface area (Å²) in [6.07, 6.45) is 0. The Morgan fingerprint density at radius 1 is 1.09 bits per heavy atom. The molecule has 1 aromatic rings. The van der Waals surface area contributed by atoms with Crippen molar-refractivity contribution in [2.45, 2.75) is 0 Å².